The molecule has 9 heteroatoms. The maximum atomic E-state index is 12.9. The van der Waals surface area contributed by atoms with Gasteiger partial charge in [-0.15, -0.1) is 0 Å². The molecule has 2 fully saturated rings. The first-order valence-electron chi connectivity index (χ1n) is 16.4. The zero-order valence-electron chi connectivity index (χ0n) is 26.7. The Morgan fingerprint density at radius 3 is 2.20 bits per heavy atom. The van der Waals surface area contributed by atoms with Crippen molar-refractivity contribution in [3.05, 3.63) is 89.5 Å². The Bertz CT molecular complexity index is 1470. The lowest BCUT2D eigenvalue weighted by molar-refractivity contribution is -0.140. The Balaban J connectivity index is 1.02. The molecule has 2 saturated heterocycles. The molecule has 0 bridgehead atoms. The number of β-amino-alcohol motifs (C(OH)–C–C–N with tert-alkyl or cyclic N) is 1. The maximum absolute atomic E-state index is 12.9. The fraction of sp³-hybridized carbons (Fsp3) is 0.459. The molecule has 3 aliphatic rings. The quantitative estimate of drug-likeness (QED) is 0.279. The molecule has 2 aliphatic heterocycles. The first-order chi connectivity index (χ1) is 22.2. The maximum Gasteiger partial charge on any atom is 0.407 e. The van der Waals surface area contributed by atoms with Crippen LogP contribution in [-0.4, -0.2) is 84.9 Å². The minimum absolute atomic E-state index is 0.0992. The molecule has 1 aliphatic carbocycles. The number of ether oxygens (including phenoxy) is 2. The fourth-order valence-corrected chi connectivity index (χ4v) is 7.43. The number of hydrogen-bond acceptors (Lipinski definition) is 7. The van der Waals surface area contributed by atoms with Crippen LogP contribution in [0.25, 0.3) is 11.1 Å². The average molecular weight is 628 g/mol. The Hall–Kier alpha value is -3.92. The molecule has 1 unspecified atom stereocenters. The minimum Gasteiger partial charge on any atom is -0.480 e. The van der Waals surface area contributed by atoms with E-state index in [1.165, 1.54) is 0 Å². The number of benzene rings is 3. The first-order valence-corrected chi connectivity index (χ1v) is 16.4. The van der Waals surface area contributed by atoms with Crippen molar-refractivity contribution in [2.45, 2.75) is 63.8 Å². The predicted octanol–water partition coefficient (Wildman–Crippen LogP) is 5.26. The summed E-state index contributed by atoms with van der Waals surface area (Å²) in [7, 11) is 0. The summed E-state index contributed by atoms with van der Waals surface area (Å²) in [5, 5.41) is 23.5. The lowest BCUT2D eigenvalue weighted by Crippen LogP contribution is -2.56. The number of carboxylic acid groups (broad SMARTS) is 1. The van der Waals surface area contributed by atoms with Gasteiger partial charge in [-0.3, -0.25) is 4.90 Å². The molecule has 1 amide bonds. The summed E-state index contributed by atoms with van der Waals surface area (Å²) in [6.07, 6.45) is 1.59. The van der Waals surface area contributed by atoms with Crippen molar-refractivity contribution in [1.82, 2.24) is 10.2 Å². The monoisotopic (exact) mass is 627 g/mol. The van der Waals surface area contributed by atoms with Crippen LogP contribution in [0.1, 0.15) is 55.7 Å². The van der Waals surface area contributed by atoms with Gasteiger partial charge in [-0.2, -0.15) is 0 Å². The van der Waals surface area contributed by atoms with Crippen molar-refractivity contribution in [3.8, 4) is 11.1 Å². The number of piperazine rings is 1. The van der Waals surface area contributed by atoms with E-state index in [1.807, 2.05) is 79.4 Å². The number of aliphatic hydroxyl groups excluding tert-OH is 1. The molecule has 2 atom stereocenters. The summed E-state index contributed by atoms with van der Waals surface area (Å²) >= 11 is 0. The molecule has 3 aromatic rings. The Morgan fingerprint density at radius 1 is 0.957 bits per heavy atom. The largest absolute Gasteiger partial charge is 0.480 e. The van der Waals surface area contributed by atoms with E-state index in [4.69, 9.17) is 9.47 Å². The number of carboxylic acids is 1. The molecule has 244 valence electrons. The van der Waals surface area contributed by atoms with Crippen LogP contribution in [-0.2, 0) is 20.7 Å². The number of carbonyl (C=O) groups excluding carboxylic acids is 1. The topological polar surface area (TPSA) is 112 Å². The van der Waals surface area contributed by atoms with E-state index in [1.54, 1.807) is 0 Å². The normalized spacial score (nSPS) is 19.7. The summed E-state index contributed by atoms with van der Waals surface area (Å²) in [4.78, 5) is 29.5. The highest BCUT2D eigenvalue weighted by Crippen LogP contribution is 2.44. The smallest absolute Gasteiger partial charge is 0.407 e. The van der Waals surface area contributed by atoms with Crippen LogP contribution in [0.2, 0.25) is 0 Å². The summed E-state index contributed by atoms with van der Waals surface area (Å²) in [5.41, 5.74) is 6.09. The number of aliphatic hydroxyl groups is 1. The molecular formula is C37H45N3O6. The van der Waals surface area contributed by atoms with E-state index in [9.17, 15) is 19.8 Å². The van der Waals surface area contributed by atoms with E-state index < -0.39 is 29.7 Å². The van der Waals surface area contributed by atoms with E-state index in [2.05, 4.69) is 22.3 Å². The van der Waals surface area contributed by atoms with Crippen LogP contribution >= 0.6 is 0 Å². The number of nitrogens with one attached hydrogen (secondary N) is 1. The van der Waals surface area contributed by atoms with Crippen LogP contribution in [0.3, 0.4) is 0 Å². The average Bonchev–Trinajstić information content (AvgIpc) is 3.37. The highest BCUT2D eigenvalue weighted by atomic mass is 16.5. The van der Waals surface area contributed by atoms with Gasteiger partial charge in [0.15, 0.2) is 0 Å². The second-order valence-corrected chi connectivity index (χ2v) is 13.6. The molecule has 0 spiro atoms. The second kappa shape index (κ2) is 13.8. The molecule has 3 N–H and O–H groups in total. The fourth-order valence-electron chi connectivity index (χ4n) is 7.43. The minimum atomic E-state index is -1.09. The molecule has 0 radical (unpaired) electrons. The number of nitrogens with zero attached hydrogens (tertiary/aromatic N) is 2. The van der Waals surface area contributed by atoms with Crippen LogP contribution in [0.5, 0.6) is 0 Å². The number of alkyl carbamates (subject to hydrolysis) is 1. The number of amides is 1. The molecule has 0 aromatic heterocycles. The van der Waals surface area contributed by atoms with Gasteiger partial charge in [0.25, 0.3) is 0 Å². The molecule has 6 rings (SSSR count). The van der Waals surface area contributed by atoms with Crippen molar-refractivity contribution in [1.29, 1.82) is 0 Å². The summed E-state index contributed by atoms with van der Waals surface area (Å²) in [6.45, 7) is 8.00. The van der Waals surface area contributed by atoms with Crippen molar-refractivity contribution in [2.24, 2.45) is 5.41 Å². The number of rotatable bonds is 10. The Labute approximate surface area is 271 Å². The number of carbonyl (C=O) groups is 2. The summed E-state index contributed by atoms with van der Waals surface area (Å²) in [6, 6.07) is 23.7. The molecule has 46 heavy (non-hydrogen) atoms. The zero-order valence-corrected chi connectivity index (χ0v) is 26.7. The molecule has 2 heterocycles. The summed E-state index contributed by atoms with van der Waals surface area (Å²) in [5.74, 6) is -1.19. The standard InChI is InChI=1S/C37H45N3O6/c1-37(2,21-25-11-13-27(14-12-25)40-18-17-39(23-34(40)41)26-15-19-45-20-16-26)22-33(35(42)43)38-36(44)46-24-32-30-9-5-3-7-28(30)29-8-4-6-10-31(29)32/h3-14,26,32-34,41H,15-24H2,1-2H3,(H,38,44)(H,42,43)/t33-,34?/m0/s1. The van der Waals surface area contributed by atoms with E-state index in [0.29, 0.717) is 19.0 Å². The predicted molar refractivity (Wildman–Crippen MR) is 177 cm³/mol. The van der Waals surface area contributed by atoms with Crippen molar-refractivity contribution in [2.75, 3.05) is 44.4 Å². The first kappa shape index (κ1) is 32.0. The summed E-state index contributed by atoms with van der Waals surface area (Å²) < 4.78 is 11.1. The van der Waals surface area contributed by atoms with E-state index >= 15 is 0 Å². The third kappa shape index (κ3) is 7.22. The van der Waals surface area contributed by atoms with Crippen molar-refractivity contribution >= 4 is 17.7 Å². The van der Waals surface area contributed by atoms with E-state index in [-0.39, 0.29) is 18.9 Å². The van der Waals surface area contributed by atoms with Gasteiger partial charge in [0.2, 0.25) is 0 Å². The highest BCUT2D eigenvalue weighted by molar-refractivity contribution is 5.81. The van der Waals surface area contributed by atoms with Crippen molar-refractivity contribution in [3.63, 3.8) is 0 Å². The number of hydrogen-bond donors (Lipinski definition) is 3. The highest BCUT2D eigenvalue weighted by Gasteiger charge is 2.33. The molecular weight excluding hydrogens is 582 g/mol. The molecule has 3 aromatic carbocycles. The van der Waals surface area contributed by atoms with Gasteiger partial charge in [0.1, 0.15) is 18.9 Å². The third-order valence-electron chi connectivity index (χ3n) is 9.73. The van der Waals surface area contributed by atoms with Gasteiger partial charge in [0.05, 0.1) is 0 Å². The lowest BCUT2D eigenvalue weighted by atomic mass is 9.80. The van der Waals surface area contributed by atoms with Gasteiger partial charge in [0, 0.05) is 50.5 Å². The number of aliphatic carboxylic acids is 1. The SMILES string of the molecule is CC(C)(Cc1ccc(N2CCN(C3CCOCC3)CC2O)cc1)C[C@H](NC(=O)OCC1c2ccccc2-c2ccccc21)C(=O)O. The van der Waals surface area contributed by atoms with Gasteiger partial charge < -0.3 is 29.9 Å². The van der Waals surface area contributed by atoms with Crippen molar-refractivity contribution < 1.29 is 29.3 Å². The van der Waals surface area contributed by atoms with Gasteiger partial charge in [-0.05, 0) is 71.0 Å². The second-order valence-electron chi connectivity index (χ2n) is 13.6. The lowest BCUT2D eigenvalue weighted by Gasteiger charge is -2.44. The zero-order chi connectivity index (χ0) is 32.3. The van der Waals surface area contributed by atoms with E-state index in [0.717, 1.165) is 72.6 Å². The Morgan fingerprint density at radius 2 is 1.59 bits per heavy atom. The number of anilines is 1. The Kier molecular flexibility index (Phi) is 9.63. The number of fused-ring (bicyclic) bond motifs is 3. The van der Waals surface area contributed by atoms with Crippen LogP contribution in [0, 0.1) is 5.41 Å². The van der Waals surface area contributed by atoms with Crippen LogP contribution in [0.15, 0.2) is 72.8 Å². The van der Waals surface area contributed by atoms with Gasteiger partial charge in [-0.25, -0.2) is 9.59 Å². The molecule has 0 saturated carbocycles. The molecule has 9 nitrogen and oxygen atoms in total. The van der Waals surface area contributed by atoms with Crippen LogP contribution < -0.4 is 10.2 Å². The van der Waals surface area contributed by atoms with Gasteiger partial charge >= 0.3 is 12.1 Å². The van der Waals surface area contributed by atoms with Crippen LogP contribution in [0.4, 0.5) is 10.5 Å². The van der Waals surface area contributed by atoms with Gasteiger partial charge in [-0.1, -0.05) is 74.5 Å². The third-order valence-corrected chi connectivity index (χ3v) is 9.73.